The molecule has 0 unspecified atom stereocenters. The van der Waals surface area contributed by atoms with Gasteiger partial charge in [-0.25, -0.2) is 0 Å². The van der Waals surface area contributed by atoms with Crippen LogP contribution in [0.4, 0.5) is 5.69 Å². The summed E-state index contributed by atoms with van der Waals surface area (Å²) >= 11 is 0. The van der Waals surface area contributed by atoms with Crippen LogP contribution in [0.15, 0.2) is 0 Å². The average Bonchev–Trinajstić information content (AvgIpc) is 2.64. The molecule has 1 fully saturated rings. The Balaban J connectivity index is 2.11. The van der Waals surface area contributed by atoms with Crippen LogP contribution in [0.2, 0.25) is 0 Å². The largest absolute Gasteiger partial charge is 0.395 e. The highest BCUT2D eigenvalue weighted by Crippen LogP contribution is 2.30. The van der Waals surface area contributed by atoms with Gasteiger partial charge in [-0.3, -0.25) is 9.89 Å². The van der Waals surface area contributed by atoms with E-state index >= 15 is 0 Å². The minimum atomic E-state index is -0.0289. The summed E-state index contributed by atoms with van der Waals surface area (Å²) in [5.74, 6) is -0.0289. The predicted molar refractivity (Wildman–Crippen MR) is 80.5 cm³/mol. The van der Waals surface area contributed by atoms with E-state index in [1.54, 1.807) is 0 Å². The molecular formula is C15H26N4O. The van der Waals surface area contributed by atoms with Crippen molar-refractivity contribution in [2.24, 2.45) is 5.41 Å². The summed E-state index contributed by atoms with van der Waals surface area (Å²) in [4.78, 5) is 14.5. The van der Waals surface area contributed by atoms with Crippen molar-refractivity contribution in [1.82, 2.24) is 15.1 Å². The number of carbonyl (C=O) groups is 1. The molecule has 5 heteroatoms. The molecule has 1 saturated heterocycles. The number of anilines is 1. The van der Waals surface area contributed by atoms with Gasteiger partial charge in [0.1, 0.15) is 0 Å². The van der Waals surface area contributed by atoms with Crippen molar-refractivity contribution >= 4 is 11.6 Å². The molecule has 0 aliphatic carbocycles. The fourth-order valence-corrected chi connectivity index (χ4v) is 2.77. The Morgan fingerprint density at radius 2 is 2.15 bits per heavy atom. The number of H-pyrrole nitrogens is 1. The Morgan fingerprint density at radius 1 is 1.40 bits per heavy atom. The number of aromatic nitrogens is 2. The molecule has 1 amide bonds. The van der Waals surface area contributed by atoms with Crippen LogP contribution in [0.1, 0.15) is 62.6 Å². The SMILES string of the molecule is CCCc1[nH]nc(C(=O)N2CCCC(C)(C)CC2)c1N. The Hall–Kier alpha value is -1.52. The number of hydrogen-bond donors (Lipinski definition) is 2. The third-order valence-corrected chi connectivity index (χ3v) is 4.21. The zero-order chi connectivity index (χ0) is 14.8. The fraction of sp³-hybridized carbons (Fsp3) is 0.733. The lowest BCUT2D eigenvalue weighted by atomic mass is 9.85. The maximum absolute atomic E-state index is 12.6. The smallest absolute Gasteiger partial charge is 0.276 e. The number of nitrogens with zero attached hydrogens (tertiary/aromatic N) is 2. The van der Waals surface area contributed by atoms with Gasteiger partial charge in [0.05, 0.1) is 11.4 Å². The number of hydrogen-bond acceptors (Lipinski definition) is 3. The van der Waals surface area contributed by atoms with E-state index < -0.39 is 0 Å². The summed E-state index contributed by atoms with van der Waals surface area (Å²) in [6.07, 6.45) is 5.06. The third-order valence-electron chi connectivity index (χ3n) is 4.21. The van der Waals surface area contributed by atoms with Gasteiger partial charge in [-0.2, -0.15) is 5.10 Å². The first-order valence-electron chi connectivity index (χ1n) is 7.56. The quantitative estimate of drug-likeness (QED) is 0.892. The van der Waals surface area contributed by atoms with Gasteiger partial charge < -0.3 is 10.6 Å². The summed E-state index contributed by atoms with van der Waals surface area (Å²) in [6.45, 7) is 8.21. The molecule has 112 valence electrons. The molecule has 1 aromatic rings. The number of aryl methyl sites for hydroxylation is 1. The normalized spacial score (nSPS) is 18.9. The number of amides is 1. The van der Waals surface area contributed by atoms with Crippen LogP contribution in [0.5, 0.6) is 0 Å². The number of rotatable bonds is 3. The van der Waals surface area contributed by atoms with E-state index in [2.05, 4.69) is 31.0 Å². The number of nitrogen functional groups attached to an aromatic ring is 1. The topological polar surface area (TPSA) is 75.0 Å². The van der Waals surface area contributed by atoms with Crippen LogP contribution in [-0.2, 0) is 6.42 Å². The van der Waals surface area contributed by atoms with E-state index in [9.17, 15) is 4.79 Å². The molecule has 0 aromatic carbocycles. The Labute approximate surface area is 120 Å². The number of aromatic amines is 1. The molecular weight excluding hydrogens is 252 g/mol. The molecule has 0 radical (unpaired) electrons. The van der Waals surface area contributed by atoms with Crippen molar-refractivity contribution in [2.75, 3.05) is 18.8 Å². The number of nitrogens with one attached hydrogen (secondary N) is 1. The average molecular weight is 278 g/mol. The van der Waals surface area contributed by atoms with Crippen molar-refractivity contribution in [2.45, 2.75) is 52.9 Å². The van der Waals surface area contributed by atoms with Gasteiger partial charge in [0.2, 0.25) is 0 Å². The van der Waals surface area contributed by atoms with Crippen LogP contribution < -0.4 is 5.73 Å². The molecule has 0 spiro atoms. The van der Waals surface area contributed by atoms with Gasteiger partial charge in [-0.05, 0) is 31.1 Å². The van der Waals surface area contributed by atoms with E-state index in [0.717, 1.165) is 50.9 Å². The lowest BCUT2D eigenvalue weighted by Gasteiger charge is -2.23. The van der Waals surface area contributed by atoms with Crippen molar-refractivity contribution in [1.29, 1.82) is 0 Å². The maximum Gasteiger partial charge on any atom is 0.276 e. The first kappa shape index (κ1) is 14.9. The molecule has 0 atom stereocenters. The number of nitrogens with two attached hydrogens (primary N) is 1. The summed E-state index contributed by atoms with van der Waals surface area (Å²) < 4.78 is 0. The first-order valence-corrected chi connectivity index (χ1v) is 7.56. The summed E-state index contributed by atoms with van der Waals surface area (Å²) in [6, 6.07) is 0. The second kappa shape index (κ2) is 5.85. The summed E-state index contributed by atoms with van der Waals surface area (Å²) in [5.41, 5.74) is 8.17. The van der Waals surface area contributed by atoms with Gasteiger partial charge in [-0.15, -0.1) is 0 Å². The Bertz CT molecular complexity index is 478. The van der Waals surface area contributed by atoms with Gasteiger partial charge in [0.25, 0.3) is 5.91 Å². The second-order valence-corrected chi connectivity index (χ2v) is 6.52. The highest BCUT2D eigenvalue weighted by molar-refractivity contribution is 5.97. The molecule has 5 nitrogen and oxygen atoms in total. The van der Waals surface area contributed by atoms with Gasteiger partial charge >= 0.3 is 0 Å². The van der Waals surface area contributed by atoms with E-state index in [0.29, 0.717) is 16.8 Å². The molecule has 1 aromatic heterocycles. The molecule has 2 heterocycles. The lowest BCUT2D eigenvalue weighted by molar-refractivity contribution is 0.0752. The minimum Gasteiger partial charge on any atom is -0.395 e. The molecule has 0 bridgehead atoms. The monoisotopic (exact) mass is 278 g/mol. The van der Waals surface area contributed by atoms with E-state index in [1.807, 2.05) is 4.90 Å². The molecule has 3 N–H and O–H groups in total. The minimum absolute atomic E-state index is 0.0289. The van der Waals surface area contributed by atoms with Crippen LogP contribution in [0, 0.1) is 5.41 Å². The fourth-order valence-electron chi connectivity index (χ4n) is 2.77. The van der Waals surface area contributed by atoms with Gasteiger partial charge in [-0.1, -0.05) is 27.2 Å². The highest BCUT2D eigenvalue weighted by atomic mass is 16.2. The number of likely N-dealkylation sites (tertiary alicyclic amines) is 1. The highest BCUT2D eigenvalue weighted by Gasteiger charge is 2.28. The van der Waals surface area contributed by atoms with Crippen molar-refractivity contribution in [3.8, 4) is 0 Å². The first-order chi connectivity index (χ1) is 9.44. The summed E-state index contributed by atoms with van der Waals surface area (Å²) in [5, 5.41) is 7.04. The number of carbonyl (C=O) groups excluding carboxylic acids is 1. The predicted octanol–water partition coefficient (Wildman–Crippen LogP) is 2.60. The van der Waals surface area contributed by atoms with Crippen LogP contribution in [0.3, 0.4) is 0 Å². The van der Waals surface area contributed by atoms with Crippen LogP contribution >= 0.6 is 0 Å². The molecule has 20 heavy (non-hydrogen) atoms. The van der Waals surface area contributed by atoms with E-state index in [1.165, 1.54) is 0 Å². The second-order valence-electron chi connectivity index (χ2n) is 6.52. The molecule has 0 saturated carbocycles. The zero-order valence-corrected chi connectivity index (χ0v) is 12.8. The Kier molecular flexibility index (Phi) is 4.35. The van der Waals surface area contributed by atoms with E-state index in [-0.39, 0.29) is 5.91 Å². The van der Waals surface area contributed by atoms with Crippen LogP contribution in [-0.4, -0.2) is 34.1 Å². The van der Waals surface area contributed by atoms with Crippen LogP contribution in [0.25, 0.3) is 0 Å². The molecule has 1 aliphatic heterocycles. The van der Waals surface area contributed by atoms with Gasteiger partial charge in [0.15, 0.2) is 5.69 Å². The standard InChI is InChI=1S/C15H26N4O/c1-4-6-11-12(16)13(18-17-11)14(20)19-9-5-7-15(2,3)8-10-19/h4-10,16H2,1-3H3,(H,17,18). The maximum atomic E-state index is 12.6. The summed E-state index contributed by atoms with van der Waals surface area (Å²) in [7, 11) is 0. The van der Waals surface area contributed by atoms with Crippen molar-refractivity contribution < 1.29 is 4.79 Å². The Morgan fingerprint density at radius 3 is 2.85 bits per heavy atom. The third kappa shape index (κ3) is 3.14. The molecule has 2 rings (SSSR count). The lowest BCUT2D eigenvalue weighted by Crippen LogP contribution is -2.33. The molecule has 1 aliphatic rings. The van der Waals surface area contributed by atoms with E-state index in [4.69, 9.17) is 5.73 Å². The van der Waals surface area contributed by atoms with Crippen molar-refractivity contribution in [3.05, 3.63) is 11.4 Å². The van der Waals surface area contributed by atoms with Gasteiger partial charge in [0, 0.05) is 13.1 Å². The zero-order valence-electron chi connectivity index (χ0n) is 12.8. The van der Waals surface area contributed by atoms with Crippen molar-refractivity contribution in [3.63, 3.8) is 0 Å².